The van der Waals surface area contributed by atoms with Crippen LogP contribution in [0.3, 0.4) is 0 Å². The molecule has 0 atom stereocenters. The average molecular weight is 418 g/mol. The second-order valence-electron chi connectivity index (χ2n) is 7.90. The number of carbonyl (C=O) groups excluding carboxylic acids is 1. The number of fused-ring (bicyclic) bond motifs is 2. The van der Waals surface area contributed by atoms with Crippen LogP contribution >= 0.6 is 0 Å². The lowest BCUT2D eigenvalue weighted by Crippen LogP contribution is -2.12. The lowest BCUT2D eigenvalue weighted by atomic mass is 10.1. The maximum Gasteiger partial charge on any atom is 0.344 e. The van der Waals surface area contributed by atoms with E-state index >= 15 is 0 Å². The molecule has 0 aliphatic rings. The highest BCUT2D eigenvalue weighted by atomic mass is 16.5. The summed E-state index contributed by atoms with van der Waals surface area (Å²) in [6.45, 7) is 4.95. The molecule has 0 aliphatic carbocycles. The Morgan fingerprint density at radius 2 is 1.74 bits per heavy atom. The number of hydrogen-bond donors (Lipinski definition) is 1. The highest BCUT2D eigenvalue weighted by Crippen LogP contribution is 2.29. The van der Waals surface area contributed by atoms with Crippen molar-refractivity contribution >= 4 is 34.0 Å². The molecule has 0 fully saturated rings. The molecule has 160 valence electrons. The number of nitrogens with zero attached hydrogens (tertiary/aromatic N) is 3. The smallest absolute Gasteiger partial charge is 0.344 e. The van der Waals surface area contributed by atoms with Crippen molar-refractivity contribution in [2.24, 2.45) is 5.92 Å². The van der Waals surface area contributed by atoms with Crippen LogP contribution in [0.2, 0.25) is 0 Å². The minimum atomic E-state index is -0.471. The monoisotopic (exact) mass is 418 g/mol. The summed E-state index contributed by atoms with van der Waals surface area (Å²) >= 11 is 0. The largest absolute Gasteiger partial charge is 0.497 e. The summed E-state index contributed by atoms with van der Waals surface area (Å²) in [6.07, 6.45) is 0.782. The molecule has 0 radical (unpaired) electrons. The first kappa shape index (κ1) is 20.7. The predicted octanol–water partition coefficient (Wildman–Crippen LogP) is 4.43. The summed E-state index contributed by atoms with van der Waals surface area (Å²) in [5.74, 6) is 1.04. The fourth-order valence-electron chi connectivity index (χ4n) is 3.45. The van der Waals surface area contributed by atoms with Gasteiger partial charge in [-0.25, -0.2) is 14.8 Å². The van der Waals surface area contributed by atoms with Gasteiger partial charge in [-0.1, -0.05) is 38.1 Å². The standard InChI is InChI=1S/C24H26N4O3/c1-15(2)12-13-31-24(29)20-21-23(27-19-7-5-4-6-18(19)26-21)28(22(20)25)14-16-8-10-17(30-3)11-9-16/h4-11,15H,12-14,25H2,1-3H3. The number of esters is 1. The van der Waals surface area contributed by atoms with Gasteiger partial charge in [0.1, 0.15) is 22.6 Å². The quantitative estimate of drug-likeness (QED) is 0.447. The molecule has 2 aromatic heterocycles. The van der Waals surface area contributed by atoms with Crippen molar-refractivity contribution in [3.05, 3.63) is 59.7 Å². The number of rotatable bonds is 7. The first-order chi connectivity index (χ1) is 15.0. The third-order valence-corrected chi connectivity index (χ3v) is 5.22. The number of ether oxygens (including phenoxy) is 2. The number of carbonyl (C=O) groups is 1. The van der Waals surface area contributed by atoms with E-state index in [1.807, 2.05) is 53.1 Å². The van der Waals surface area contributed by atoms with E-state index in [1.165, 1.54) is 0 Å². The summed E-state index contributed by atoms with van der Waals surface area (Å²) in [4.78, 5) is 22.4. The van der Waals surface area contributed by atoms with E-state index in [1.54, 1.807) is 7.11 Å². The van der Waals surface area contributed by atoms with Crippen molar-refractivity contribution in [2.45, 2.75) is 26.8 Å². The van der Waals surface area contributed by atoms with Crippen molar-refractivity contribution in [1.82, 2.24) is 14.5 Å². The Morgan fingerprint density at radius 3 is 2.39 bits per heavy atom. The number of benzene rings is 2. The van der Waals surface area contributed by atoms with Crippen molar-refractivity contribution in [2.75, 3.05) is 19.5 Å². The number of nitrogen functional groups attached to an aromatic ring is 1. The molecule has 0 aliphatic heterocycles. The summed E-state index contributed by atoms with van der Waals surface area (Å²) in [5.41, 5.74) is 10.2. The normalized spacial score (nSPS) is 11.4. The van der Waals surface area contributed by atoms with Crippen molar-refractivity contribution in [1.29, 1.82) is 0 Å². The van der Waals surface area contributed by atoms with Crippen molar-refractivity contribution in [3.8, 4) is 5.75 Å². The number of methoxy groups -OCH3 is 1. The summed E-state index contributed by atoms with van der Waals surface area (Å²) in [6, 6.07) is 15.2. The van der Waals surface area contributed by atoms with Crippen LogP contribution in [0, 0.1) is 5.92 Å². The van der Waals surface area contributed by atoms with Crippen LogP contribution in [0.5, 0.6) is 5.75 Å². The number of nitrogens with two attached hydrogens (primary N) is 1. The molecule has 0 spiro atoms. The van der Waals surface area contributed by atoms with E-state index in [4.69, 9.17) is 25.2 Å². The lowest BCUT2D eigenvalue weighted by Gasteiger charge is -2.09. The van der Waals surface area contributed by atoms with Gasteiger partial charge in [0.05, 0.1) is 31.3 Å². The third kappa shape index (κ3) is 4.17. The van der Waals surface area contributed by atoms with Crippen molar-refractivity contribution in [3.63, 3.8) is 0 Å². The van der Waals surface area contributed by atoms with E-state index in [0.29, 0.717) is 41.6 Å². The van der Waals surface area contributed by atoms with Crippen LogP contribution in [-0.4, -0.2) is 34.2 Å². The highest BCUT2D eigenvalue weighted by Gasteiger charge is 2.25. The van der Waals surface area contributed by atoms with Crippen LogP contribution in [0.4, 0.5) is 5.82 Å². The zero-order valence-corrected chi connectivity index (χ0v) is 18.0. The molecule has 2 N–H and O–H groups in total. The molecule has 2 aromatic carbocycles. The van der Waals surface area contributed by atoms with Gasteiger partial charge in [-0.3, -0.25) is 0 Å². The third-order valence-electron chi connectivity index (χ3n) is 5.22. The molecule has 0 saturated carbocycles. The van der Waals surface area contributed by atoms with Crippen LogP contribution in [-0.2, 0) is 11.3 Å². The summed E-state index contributed by atoms with van der Waals surface area (Å²) in [5, 5.41) is 0. The van der Waals surface area contributed by atoms with Gasteiger partial charge in [0.25, 0.3) is 0 Å². The molecule has 4 rings (SSSR count). The van der Waals surface area contributed by atoms with Crippen molar-refractivity contribution < 1.29 is 14.3 Å². The second-order valence-corrected chi connectivity index (χ2v) is 7.90. The number of aromatic nitrogens is 3. The van der Waals surface area contributed by atoms with Crippen LogP contribution in [0.15, 0.2) is 48.5 Å². The van der Waals surface area contributed by atoms with Gasteiger partial charge >= 0.3 is 5.97 Å². The average Bonchev–Trinajstić information content (AvgIpc) is 3.03. The molecule has 0 unspecified atom stereocenters. The lowest BCUT2D eigenvalue weighted by molar-refractivity contribution is 0.0491. The predicted molar refractivity (Wildman–Crippen MR) is 121 cm³/mol. The fraction of sp³-hybridized carbons (Fsp3) is 0.292. The summed E-state index contributed by atoms with van der Waals surface area (Å²) in [7, 11) is 1.63. The minimum Gasteiger partial charge on any atom is -0.497 e. The highest BCUT2D eigenvalue weighted by molar-refractivity contribution is 6.08. The van der Waals surface area contributed by atoms with Gasteiger partial charge < -0.3 is 19.8 Å². The van der Waals surface area contributed by atoms with E-state index in [9.17, 15) is 4.79 Å². The van der Waals surface area contributed by atoms with Crippen LogP contribution in [0.1, 0.15) is 36.2 Å². The fourth-order valence-corrected chi connectivity index (χ4v) is 3.45. The van der Waals surface area contributed by atoms with Crippen LogP contribution in [0.25, 0.3) is 22.2 Å². The Morgan fingerprint density at radius 1 is 1.06 bits per heavy atom. The number of anilines is 1. The second kappa shape index (κ2) is 8.63. The minimum absolute atomic E-state index is 0.269. The van der Waals surface area contributed by atoms with E-state index in [0.717, 1.165) is 23.3 Å². The first-order valence-electron chi connectivity index (χ1n) is 10.3. The van der Waals surface area contributed by atoms with Gasteiger partial charge in [-0.05, 0) is 42.2 Å². The Labute approximate surface area is 180 Å². The summed E-state index contributed by atoms with van der Waals surface area (Å²) < 4.78 is 12.6. The van der Waals surface area contributed by atoms with Gasteiger partial charge in [0.15, 0.2) is 5.65 Å². The molecule has 0 saturated heterocycles. The van der Waals surface area contributed by atoms with Gasteiger partial charge in [-0.15, -0.1) is 0 Å². The maximum atomic E-state index is 12.9. The zero-order chi connectivity index (χ0) is 22.0. The number of para-hydroxylation sites is 2. The van der Waals surface area contributed by atoms with Crippen LogP contribution < -0.4 is 10.5 Å². The number of hydrogen-bond acceptors (Lipinski definition) is 6. The molecule has 31 heavy (non-hydrogen) atoms. The van der Waals surface area contributed by atoms with E-state index in [2.05, 4.69) is 13.8 Å². The molecule has 0 bridgehead atoms. The molecular formula is C24H26N4O3. The molecule has 0 amide bonds. The Kier molecular flexibility index (Phi) is 5.75. The first-order valence-corrected chi connectivity index (χ1v) is 10.3. The Balaban J connectivity index is 1.80. The SMILES string of the molecule is COc1ccc(Cn2c(N)c(C(=O)OCCC(C)C)c3nc4ccccc4nc32)cc1. The van der Waals surface area contributed by atoms with Gasteiger partial charge in [0, 0.05) is 0 Å². The van der Waals surface area contributed by atoms with E-state index < -0.39 is 5.97 Å². The molecule has 2 heterocycles. The Bertz CT molecular complexity index is 1230. The van der Waals surface area contributed by atoms with E-state index in [-0.39, 0.29) is 5.56 Å². The molecule has 7 heteroatoms. The van der Waals surface area contributed by atoms with Gasteiger partial charge in [-0.2, -0.15) is 0 Å². The van der Waals surface area contributed by atoms with Gasteiger partial charge in [0.2, 0.25) is 0 Å². The molecule has 7 nitrogen and oxygen atoms in total. The zero-order valence-electron chi connectivity index (χ0n) is 18.0. The Hall–Kier alpha value is -3.61. The molecular weight excluding hydrogens is 392 g/mol. The topological polar surface area (TPSA) is 92.3 Å². The molecule has 4 aromatic rings. The maximum absolute atomic E-state index is 12.9.